The number of hydrogen-bond donors (Lipinski definition) is 2. The van der Waals surface area contributed by atoms with Gasteiger partial charge in [-0.05, 0) is 54.4 Å². The molecule has 5 nitrogen and oxygen atoms in total. The van der Waals surface area contributed by atoms with Gasteiger partial charge in [0.25, 0.3) is 11.5 Å². The molecule has 1 heterocycles. The van der Waals surface area contributed by atoms with Gasteiger partial charge in [-0.15, -0.1) is 0 Å². The van der Waals surface area contributed by atoms with Crippen molar-refractivity contribution < 1.29 is 27.9 Å². The second-order valence-electron chi connectivity index (χ2n) is 8.13. The van der Waals surface area contributed by atoms with Gasteiger partial charge in [-0.25, -0.2) is 0 Å². The number of oxime groups is 1. The number of carbonyl (C=O) groups excluding carboxylic acids is 1. The third kappa shape index (κ3) is 5.00. The van der Waals surface area contributed by atoms with Gasteiger partial charge in [-0.1, -0.05) is 52.6 Å². The molecule has 0 aliphatic carbocycles. The first-order valence-electron chi connectivity index (χ1n) is 10.4. The Morgan fingerprint density at radius 1 is 1.11 bits per heavy atom. The number of alkyl halides is 3. The van der Waals surface area contributed by atoms with Crippen molar-refractivity contribution in [2.45, 2.75) is 31.7 Å². The van der Waals surface area contributed by atoms with E-state index in [0.717, 1.165) is 12.1 Å². The minimum Gasteiger partial charge on any atom is -0.392 e. The van der Waals surface area contributed by atoms with Crippen LogP contribution in [0.5, 0.6) is 0 Å². The molecule has 0 radical (unpaired) electrons. The average Bonchev–Trinajstić information content (AvgIpc) is 3.27. The van der Waals surface area contributed by atoms with Crippen LogP contribution in [0.15, 0.2) is 65.8 Å². The highest BCUT2D eigenvalue weighted by atomic mass is 35.5. The van der Waals surface area contributed by atoms with Crippen LogP contribution in [0.25, 0.3) is 0 Å². The Morgan fingerprint density at radius 3 is 2.49 bits per heavy atom. The van der Waals surface area contributed by atoms with Gasteiger partial charge < -0.3 is 15.3 Å². The number of aryl methyl sites for hydroxylation is 1. The van der Waals surface area contributed by atoms with Gasteiger partial charge in [0.05, 0.1) is 12.3 Å². The Kier molecular flexibility index (Phi) is 6.81. The molecule has 0 saturated carbocycles. The summed E-state index contributed by atoms with van der Waals surface area (Å²) in [6, 6.07) is 14.9. The minimum atomic E-state index is -4.81. The summed E-state index contributed by atoms with van der Waals surface area (Å²) in [7, 11) is 0. The number of rotatable bonds is 5. The van der Waals surface area contributed by atoms with Crippen molar-refractivity contribution in [1.29, 1.82) is 0 Å². The zero-order valence-electron chi connectivity index (χ0n) is 18.3. The normalized spacial score (nSPS) is 17.6. The molecule has 2 N–H and O–H groups in total. The molecule has 1 aliphatic heterocycles. The van der Waals surface area contributed by atoms with E-state index in [0.29, 0.717) is 27.9 Å². The number of hydrogen-bond acceptors (Lipinski definition) is 4. The molecule has 0 aromatic heterocycles. The van der Waals surface area contributed by atoms with Gasteiger partial charge in [0.15, 0.2) is 0 Å². The highest BCUT2D eigenvalue weighted by Gasteiger charge is 2.62. The molecule has 0 fully saturated rings. The Hall–Kier alpha value is -3.07. The lowest BCUT2D eigenvalue weighted by Gasteiger charge is -2.29. The first-order valence-corrected chi connectivity index (χ1v) is 11.2. The van der Waals surface area contributed by atoms with Crippen LogP contribution >= 0.6 is 23.2 Å². The second kappa shape index (κ2) is 9.53. The molecule has 4 rings (SSSR count). The van der Waals surface area contributed by atoms with Gasteiger partial charge in [-0.3, -0.25) is 4.79 Å². The molecule has 1 aliphatic rings. The lowest BCUT2D eigenvalue weighted by atomic mass is 9.86. The summed E-state index contributed by atoms with van der Waals surface area (Å²) < 4.78 is 42.8. The summed E-state index contributed by atoms with van der Waals surface area (Å²) in [5.74, 6) is -0.427. The number of benzene rings is 3. The van der Waals surface area contributed by atoms with E-state index in [1.807, 2.05) is 0 Å². The molecule has 182 valence electrons. The summed E-state index contributed by atoms with van der Waals surface area (Å²) in [6.07, 6.45) is -5.42. The van der Waals surface area contributed by atoms with E-state index in [9.17, 15) is 23.1 Å². The zero-order chi connectivity index (χ0) is 25.4. The molecule has 1 unspecified atom stereocenters. The van der Waals surface area contributed by atoms with Gasteiger partial charge in [0.2, 0.25) is 0 Å². The smallest absolute Gasteiger partial charge is 0.392 e. The number of aliphatic hydroxyl groups is 1. The van der Waals surface area contributed by atoms with Gasteiger partial charge in [0.1, 0.15) is 0 Å². The van der Waals surface area contributed by atoms with E-state index in [1.54, 1.807) is 49.4 Å². The van der Waals surface area contributed by atoms with Crippen molar-refractivity contribution in [2.24, 2.45) is 5.16 Å². The molecular formula is C25H19Cl2F3N2O3. The van der Waals surface area contributed by atoms with Crippen molar-refractivity contribution in [1.82, 2.24) is 0 Å². The fourth-order valence-corrected chi connectivity index (χ4v) is 4.31. The van der Waals surface area contributed by atoms with E-state index >= 15 is 0 Å². The number of halogens is 5. The van der Waals surface area contributed by atoms with Crippen LogP contribution in [-0.4, -0.2) is 22.9 Å². The number of nitrogens with zero attached hydrogens (tertiary/aromatic N) is 1. The quantitative estimate of drug-likeness (QED) is 0.395. The van der Waals surface area contributed by atoms with Crippen molar-refractivity contribution in [2.75, 3.05) is 5.32 Å². The Labute approximate surface area is 209 Å². The second-order valence-corrected chi connectivity index (χ2v) is 9.00. The van der Waals surface area contributed by atoms with Crippen molar-refractivity contribution in [3.05, 3.63) is 98.5 Å². The van der Waals surface area contributed by atoms with Gasteiger partial charge in [0, 0.05) is 38.8 Å². The van der Waals surface area contributed by atoms with Crippen LogP contribution in [0.3, 0.4) is 0 Å². The highest BCUT2D eigenvalue weighted by molar-refractivity contribution is 6.34. The van der Waals surface area contributed by atoms with Crippen LogP contribution in [0.1, 0.15) is 39.0 Å². The van der Waals surface area contributed by atoms with E-state index < -0.39 is 24.1 Å². The SMILES string of the molecule is Cc1ccc(C2=NOC(c3cc(Cl)cc(Cl)c3)(C(F)(F)F)C2)cc1NC(=O)c1cccc(CO)c1. The summed E-state index contributed by atoms with van der Waals surface area (Å²) in [5, 5.41) is 15.9. The Balaban J connectivity index is 1.63. The summed E-state index contributed by atoms with van der Waals surface area (Å²) in [6.45, 7) is 1.54. The number of anilines is 1. The fraction of sp³-hybridized carbons (Fsp3) is 0.200. The van der Waals surface area contributed by atoms with Crippen LogP contribution in [0.2, 0.25) is 10.0 Å². The van der Waals surface area contributed by atoms with Crippen LogP contribution < -0.4 is 5.32 Å². The molecule has 3 aromatic rings. The van der Waals surface area contributed by atoms with Crippen LogP contribution in [0.4, 0.5) is 18.9 Å². The molecular weight excluding hydrogens is 504 g/mol. The maximum Gasteiger partial charge on any atom is 0.435 e. The number of aliphatic hydroxyl groups excluding tert-OH is 1. The number of amides is 1. The monoisotopic (exact) mass is 522 g/mol. The molecule has 35 heavy (non-hydrogen) atoms. The minimum absolute atomic E-state index is 0.0405. The largest absolute Gasteiger partial charge is 0.435 e. The fourth-order valence-electron chi connectivity index (χ4n) is 3.79. The first-order chi connectivity index (χ1) is 16.5. The summed E-state index contributed by atoms with van der Waals surface area (Å²) in [4.78, 5) is 17.8. The summed E-state index contributed by atoms with van der Waals surface area (Å²) in [5.41, 5.74) is -0.600. The Bertz CT molecular complexity index is 1310. The van der Waals surface area contributed by atoms with Crippen LogP contribution in [0, 0.1) is 6.92 Å². The standard InChI is InChI=1S/C25H19Cl2F3N2O3/c1-14-5-6-16(8-21(14)31-23(34)17-4-2-3-15(7-17)13-33)22-12-24(35-32-22,25(28,29)30)18-9-19(26)11-20(27)10-18/h2-11,33H,12-13H2,1H3,(H,31,34). The van der Waals surface area contributed by atoms with Gasteiger partial charge >= 0.3 is 6.18 Å². The summed E-state index contributed by atoms with van der Waals surface area (Å²) >= 11 is 11.9. The zero-order valence-corrected chi connectivity index (χ0v) is 19.8. The predicted molar refractivity (Wildman–Crippen MR) is 128 cm³/mol. The highest BCUT2D eigenvalue weighted by Crippen LogP contribution is 2.49. The number of nitrogens with one attached hydrogen (secondary N) is 1. The third-order valence-electron chi connectivity index (χ3n) is 5.71. The molecule has 0 saturated heterocycles. The van der Waals surface area contributed by atoms with E-state index in [1.165, 1.54) is 6.07 Å². The lowest BCUT2D eigenvalue weighted by Crippen LogP contribution is -2.42. The van der Waals surface area contributed by atoms with E-state index in [2.05, 4.69) is 10.5 Å². The Morgan fingerprint density at radius 2 is 1.83 bits per heavy atom. The van der Waals surface area contributed by atoms with E-state index in [4.69, 9.17) is 28.0 Å². The molecule has 0 bridgehead atoms. The molecule has 3 aromatic carbocycles. The van der Waals surface area contributed by atoms with Crippen LogP contribution in [-0.2, 0) is 17.0 Å². The topological polar surface area (TPSA) is 70.9 Å². The molecule has 10 heteroatoms. The number of carbonyl (C=O) groups is 1. The molecule has 0 spiro atoms. The van der Waals surface area contributed by atoms with Crippen molar-refractivity contribution >= 4 is 40.5 Å². The third-order valence-corrected chi connectivity index (χ3v) is 6.14. The van der Waals surface area contributed by atoms with Crippen molar-refractivity contribution in [3.8, 4) is 0 Å². The maximum absolute atomic E-state index is 14.3. The van der Waals surface area contributed by atoms with Gasteiger partial charge in [-0.2, -0.15) is 13.2 Å². The average molecular weight is 523 g/mol. The predicted octanol–water partition coefficient (Wildman–Crippen LogP) is 6.63. The molecule has 1 atom stereocenters. The first kappa shape index (κ1) is 25.0. The van der Waals surface area contributed by atoms with E-state index in [-0.39, 0.29) is 27.9 Å². The maximum atomic E-state index is 14.3. The van der Waals surface area contributed by atoms with Crippen molar-refractivity contribution in [3.63, 3.8) is 0 Å². The molecule has 1 amide bonds. The lowest BCUT2D eigenvalue weighted by molar-refractivity contribution is -0.275.